The maximum absolute atomic E-state index is 13.0. The molecule has 184 valence electrons. The predicted molar refractivity (Wildman–Crippen MR) is 133 cm³/mol. The van der Waals surface area contributed by atoms with Gasteiger partial charge in [0.15, 0.2) is 0 Å². The van der Waals surface area contributed by atoms with E-state index in [4.69, 9.17) is 17.3 Å². The third kappa shape index (κ3) is 5.92. The highest BCUT2D eigenvalue weighted by Crippen LogP contribution is 2.25. The summed E-state index contributed by atoms with van der Waals surface area (Å²) < 4.78 is 12.8. The van der Waals surface area contributed by atoms with Crippen molar-refractivity contribution in [3.05, 3.63) is 62.5 Å². The maximum atomic E-state index is 13.0. The number of anilines is 2. The number of rotatable bonds is 8. The van der Waals surface area contributed by atoms with E-state index in [2.05, 4.69) is 30.5 Å². The fraction of sp³-hybridized carbons (Fsp3) is 0.348. The van der Waals surface area contributed by atoms with Crippen LogP contribution in [0.1, 0.15) is 62.1 Å². The summed E-state index contributed by atoms with van der Waals surface area (Å²) in [5.41, 5.74) is 7.70. The van der Waals surface area contributed by atoms with Gasteiger partial charge in [-0.2, -0.15) is 0 Å². The minimum absolute atomic E-state index is 0.236. The molecule has 1 aliphatic heterocycles. The molecule has 1 fully saturated rings. The number of benzene rings is 1. The van der Waals surface area contributed by atoms with E-state index in [0.29, 0.717) is 33.2 Å². The first-order chi connectivity index (χ1) is 16.9. The summed E-state index contributed by atoms with van der Waals surface area (Å²) in [6, 6.07) is 4.12. The molecule has 9 nitrogen and oxygen atoms in total. The minimum atomic E-state index is -0.684. The first-order valence-electron chi connectivity index (χ1n) is 11.1. The van der Waals surface area contributed by atoms with Crippen LogP contribution in [0.2, 0.25) is 5.02 Å². The molecule has 1 unspecified atom stereocenters. The summed E-state index contributed by atoms with van der Waals surface area (Å²) in [6.45, 7) is 3.50. The highest BCUT2D eigenvalue weighted by molar-refractivity contribution is 7.13. The van der Waals surface area contributed by atoms with Gasteiger partial charge in [-0.15, -0.1) is 11.3 Å². The van der Waals surface area contributed by atoms with E-state index in [0.717, 1.165) is 37.3 Å². The molecule has 0 radical (unpaired) electrons. The smallest absolute Gasteiger partial charge is 0.270 e. The molecule has 0 spiro atoms. The molecular weight excluding hydrogens is 493 g/mol. The van der Waals surface area contributed by atoms with Gasteiger partial charge in [0.1, 0.15) is 34.4 Å². The van der Waals surface area contributed by atoms with Crippen LogP contribution in [0.5, 0.6) is 0 Å². The number of halogens is 2. The van der Waals surface area contributed by atoms with Crippen LogP contribution in [0.25, 0.3) is 0 Å². The molecule has 0 saturated carbocycles. The predicted octanol–water partition coefficient (Wildman–Crippen LogP) is 3.98. The fourth-order valence-electron chi connectivity index (χ4n) is 3.79. The van der Waals surface area contributed by atoms with Crippen molar-refractivity contribution in [2.24, 2.45) is 0 Å². The number of nitrogens with two attached hydrogens (primary N) is 1. The molecule has 35 heavy (non-hydrogen) atoms. The van der Waals surface area contributed by atoms with Crippen molar-refractivity contribution in [2.45, 2.75) is 39.0 Å². The van der Waals surface area contributed by atoms with Crippen LogP contribution in [0.3, 0.4) is 0 Å². The first kappa shape index (κ1) is 25.0. The zero-order valence-electron chi connectivity index (χ0n) is 19.1. The lowest BCUT2D eigenvalue weighted by Gasteiger charge is -2.18. The van der Waals surface area contributed by atoms with Gasteiger partial charge in [0.2, 0.25) is 0 Å². The van der Waals surface area contributed by atoms with Gasteiger partial charge in [-0.25, -0.2) is 19.3 Å². The molecule has 3 heterocycles. The topological polar surface area (TPSA) is 126 Å². The Hall–Kier alpha value is -3.15. The lowest BCUT2D eigenvalue weighted by Crippen LogP contribution is -2.30. The number of thiazole rings is 1. The molecule has 4 N–H and O–H groups in total. The van der Waals surface area contributed by atoms with E-state index in [-0.39, 0.29) is 28.3 Å². The van der Waals surface area contributed by atoms with Crippen LogP contribution in [0, 0.1) is 0 Å². The van der Waals surface area contributed by atoms with Gasteiger partial charge in [0, 0.05) is 28.4 Å². The second-order valence-corrected chi connectivity index (χ2v) is 9.69. The Morgan fingerprint density at radius 3 is 2.71 bits per heavy atom. The van der Waals surface area contributed by atoms with Gasteiger partial charge in [-0.3, -0.25) is 14.5 Å². The van der Waals surface area contributed by atoms with Gasteiger partial charge < -0.3 is 16.4 Å². The molecule has 1 aliphatic rings. The molecule has 12 heteroatoms. The number of hydrogen-bond donors (Lipinski definition) is 3. The number of nitrogens with one attached hydrogen (secondary N) is 2. The lowest BCUT2D eigenvalue weighted by atomic mass is 10.1. The second-order valence-electron chi connectivity index (χ2n) is 8.22. The lowest BCUT2D eigenvalue weighted by molar-refractivity contribution is 0.0932. The van der Waals surface area contributed by atoms with Crippen molar-refractivity contribution >= 4 is 46.3 Å². The van der Waals surface area contributed by atoms with E-state index in [1.807, 2.05) is 0 Å². The van der Waals surface area contributed by atoms with E-state index >= 15 is 0 Å². The summed E-state index contributed by atoms with van der Waals surface area (Å²) in [6.07, 6.45) is 4.95. The molecule has 2 aromatic heterocycles. The third-order valence-electron chi connectivity index (χ3n) is 5.69. The number of likely N-dealkylation sites (tertiary alicyclic amines) is 1. The van der Waals surface area contributed by atoms with Gasteiger partial charge in [-0.05, 0) is 45.0 Å². The van der Waals surface area contributed by atoms with E-state index in [9.17, 15) is 14.0 Å². The average Bonchev–Trinajstić information content (AvgIpc) is 3.53. The van der Waals surface area contributed by atoms with Crippen LogP contribution in [0.15, 0.2) is 30.7 Å². The molecule has 2 amide bonds. The maximum Gasteiger partial charge on any atom is 0.270 e. The summed E-state index contributed by atoms with van der Waals surface area (Å²) in [4.78, 5) is 40.8. The quantitative estimate of drug-likeness (QED) is 0.412. The largest absolute Gasteiger partial charge is 0.383 e. The summed E-state index contributed by atoms with van der Waals surface area (Å²) in [7, 11) is 0. The highest BCUT2D eigenvalue weighted by atomic mass is 35.5. The number of alkyl halides is 1. The Balaban J connectivity index is 1.42. The van der Waals surface area contributed by atoms with Crippen LogP contribution in [-0.2, 0) is 13.2 Å². The van der Waals surface area contributed by atoms with Crippen LogP contribution < -0.4 is 16.4 Å². The van der Waals surface area contributed by atoms with Crippen molar-refractivity contribution in [3.63, 3.8) is 0 Å². The summed E-state index contributed by atoms with van der Waals surface area (Å²) in [5.74, 6) is -0.477. The molecule has 0 bridgehead atoms. The molecule has 1 aromatic carbocycles. The molecular formula is C23H25ClFN7O2S. The van der Waals surface area contributed by atoms with Gasteiger partial charge in [0.05, 0.1) is 12.2 Å². The molecule has 4 rings (SSSR count). The third-order valence-corrected chi connectivity index (χ3v) is 7.23. The number of carbonyl (C=O) groups is 2. The molecule has 1 saturated heterocycles. The van der Waals surface area contributed by atoms with E-state index < -0.39 is 12.7 Å². The van der Waals surface area contributed by atoms with Gasteiger partial charge >= 0.3 is 0 Å². The molecule has 1 atom stereocenters. The van der Waals surface area contributed by atoms with Crippen molar-refractivity contribution in [3.8, 4) is 0 Å². The molecule has 3 aromatic rings. The van der Waals surface area contributed by atoms with Crippen LogP contribution in [0.4, 0.5) is 15.9 Å². The number of nitrogens with zero attached hydrogens (tertiary/aromatic N) is 4. The van der Waals surface area contributed by atoms with Gasteiger partial charge in [0.25, 0.3) is 11.8 Å². The second kappa shape index (κ2) is 11.1. The molecule has 0 aliphatic carbocycles. The Bertz CT molecular complexity index is 1230. The first-order valence-corrected chi connectivity index (χ1v) is 12.3. The zero-order chi connectivity index (χ0) is 24.9. The summed E-state index contributed by atoms with van der Waals surface area (Å²) in [5, 5.41) is 6.40. The van der Waals surface area contributed by atoms with Crippen molar-refractivity contribution < 1.29 is 14.0 Å². The van der Waals surface area contributed by atoms with Crippen molar-refractivity contribution in [1.82, 2.24) is 25.2 Å². The average molecular weight is 518 g/mol. The Kier molecular flexibility index (Phi) is 7.89. The Morgan fingerprint density at radius 1 is 1.23 bits per heavy atom. The minimum Gasteiger partial charge on any atom is -0.383 e. The fourth-order valence-corrected chi connectivity index (χ4v) is 4.83. The monoisotopic (exact) mass is 517 g/mol. The Labute approximate surface area is 210 Å². The number of aromatic nitrogens is 3. The summed E-state index contributed by atoms with van der Waals surface area (Å²) >= 11 is 7.17. The number of hydrogen-bond acceptors (Lipinski definition) is 8. The van der Waals surface area contributed by atoms with E-state index in [1.165, 1.54) is 24.7 Å². The normalized spacial score (nSPS) is 14.6. The van der Waals surface area contributed by atoms with Crippen molar-refractivity contribution in [2.75, 3.05) is 24.1 Å². The van der Waals surface area contributed by atoms with E-state index in [1.54, 1.807) is 13.0 Å². The SMILES string of the molecule is CC(NC(=O)c1ncnc(N)c1CN1CCCC1)c1ncc(C(=O)Nc2ccc(CF)c(Cl)c2)s1. The standard InChI is InChI=1S/C23H25ClFN7O2S/c1-13(30-22(34)19-16(20(26)29-12-28-19)11-32-6-2-3-7-32)23-27-10-18(35-23)21(33)31-15-5-4-14(9-25)17(24)8-15/h4-5,8,10,12-13H,2-3,6-7,9,11H2,1H3,(H,30,34)(H,31,33)(H2,26,28,29). The highest BCUT2D eigenvalue weighted by Gasteiger charge is 2.23. The zero-order valence-corrected chi connectivity index (χ0v) is 20.6. The number of nitrogen functional groups attached to an aromatic ring is 1. The number of carbonyl (C=O) groups excluding carboxylic acids is 2. The number of amides is 2. The van der Waals surface area contributed by atoms with Gasteiger partial charge in [-0.1, -0.05) is 17.7 Å². The van der Waals surface area contributed by atoms with Crippen molar-refractivity contribution in [1.29, 1.82) is 0 Å². The van der Waals surface area contributed by atoms with Crippen LogP contribution >= 0.6 is 22.9 Å². The Morgan fingerprint density at radius 2 is 2.00 bits per heavy atom. The van der Waals surface area contributed by atoms with Crippen LogP contribution in [-0.4, -0.2) is 44.8 Å².